The van der Waals surface area contributed by atoms with Crippen molar-refractivity contribution in [2.75, 3.05) is 19.5 Å². The van der Waals surface area contributed by atoms with Crippen LogP contribution < -0.4 is 10.1 Å². The SMILES string of the molecule is COC(=O)c1cc(NC(=O)c2ccc(COc3cc(C)c(Cl)cc3C(C)C)o2)cc(C(=O)OC)c1. The van der Waals surface area contributed by atoms with Gasteiger partial charge in [-0.3, -0.25) is 4.79 Å². The van der Waals surface area contributed by atoms with Crippen LogP contribution >= 0.6 is 11.6 Å². The molecule has 35 heavy (non-hydrogen) atoms. The Morgan fingerprint density at radius 2 is 1.60 bits per heavy atom. The number of ether oxygens (including phenoxy) is 3. The molecule has 0 saturated heterocycles. The standard InChI is InChI=1S/C26H26ClNO7/c1-14(2)20-12-21(27)15(3)8-23(20)34-13-19-6-7-22(35-19)24(29)28-18-10-16(25(30)32-4)9-17(11-18)26(31)33-5/h6-12,14H,13H2,1-5H3,(H,28,29). The van der Waals surface area contributed by atoms with E-state index >= 15 is 0 Å². The second-order valence-corrected chi connectivity index (χ2v) is 8.49. The summed E-state index contributed by atoms with van der Waals surface area (Å²) in [6.07, 6.45) is 0. The third kappa shape index (κ3) is 6.22. The first-order valence-electron chi connectivity index (χ1n) is 10.8. The van der Waals surface area contributed by atoms with E-state index in [4.69, 9.17) is 30.2 Å². The predicted molar refractivity (Wildman–Crippen MR) is 130 cm³/mol. The number of aryl methyl sites for hydroxylation is 1. The fourth-order valence-corrected chi connectivity index (χ4v) is 3.51. The number of halogens is 1. The minimum Gasteiger partial charge on any atom is -0.485 e. The number of carbonyl (C=O) groups is 3. The van der Waals surface area contributed by atoms with Gasteiger partial charge in [0.15, 0.2) is 5.76 Å². The summed E-state index contributed by atoms with van der Waals surface area (Å²) in [4.78, 5) is 36.6. The van der Waals surface area contributed by atoms with Gasteiger partial charge in [0.05, 0.1) is 25.3 Å². The summed E-state index contributed by atoms with van der Waals surface area (Å²) in [5, 5.41) is 3.29. The van der Waals surface area contributed by atoms with Gasteiger partial charge in [-0.2, -0.15) is 0 Å². The maximum absolute atomic E-state index is 12.7. The van der Waals surface area contributed by atoms with E-state index in [1.165, 1.54) is 38.5 Å². The van der Waals surface area contributed by atoms with Gasteiger partial charge in [-0.15, -0.1) is 0 Å². The molecule has 184 valence electrons. The van der Waals surface area contributed by atoms with E-state index < -0.39 is 17.8 Å². The molecule has 0 bridgehead atoms. The van der Waals surface area contributed by atoms with Crippen LogP contribution in [0, 0.1) is 6.92 Å². The molecule has 9 heteroatoms. The lowest BCUT2D eigenvalue weighted by molar-refractivity contribution is 0.0599. The van der Waals surface area contributed by atoms with Crippen molar-refractivity contribution in [2.24, 2.45) is 0 Å². The number of benzene rings is 2. The van der Waals surface area contributed by atoms with Crippen molar-refractivity contribution < 1.29 is 33.0 Å². The molecule has 0 saturated carbocycles. The highest BCUT2D eigenvalue weighted by molar-refractivity contribution is 6.31. The summed E-state index contributed by atoms with van der Waals surface area (Å²) in [6, 6.07) is 11.0. The number of amides is 1. The first-order chi connectivity index (χ1) is 16.6. The van der Waals surface area contributed by atoms with Crippen LogP contribution in [0.2, 0.25) is 5.02 Å². The van der Waals surface area contributed by atoms with Gasteiger partial charge in [-0.25, -0.2) is 9.59 Å². The highest BCUT2D eigenvalue weighted by atomic mass is 35.5. The molecule has 0 aliphatic heterocycles. The topological polar surface area (TPSA) is 104 Å². The van der Waals surface area contributed by atoms with Crippen LogP contribution in [0.15, 0.2) is 46.9 Å². The summed E-state index contributed by atoms with van der Waals surface area (Å²) in [7, 11) is 2.43. The minimum absolute atomic E-state index is 0.0306. The van der Waals surface area contributed by atoms with E-state index in [1.807, 2.05) is 32.9 Å². The van der Waals surface area contributed by atoms with Crippen molar-refractivity contribution in [3.63, 3.8) is 0 Å². The Labute approximate surface area is 208 Å². The van der Waals surface area contributed by atoms with E-state index in [9.17, 15) is 14.4 Å². The molecule has 0 spiro atoms. The molecule has 0 unspecified atom stereocenters. The van der Waals surface area contributed by atoms with E-state index in [2.05, 4.69) is 5.32 Å². The Bertz CT molecular complexity index is 1230. The average molecular weight is 500 g/mol. The molecular weight excluding hydrogens is 474 g/mol. The molecule has 3 aromatic rings. The Morgan fingerprint density at radius 3 is 2.17 bits per heavy atom. The number of esters is 2. The Hall–Kier alpha value is -3.78. The van der Waals surface area contributed by atoms with Crippen LogP contribution in [0.4, 0.5) is 5.69 Å². The number of methoxy groups -OCH3 is 2. The smallest absolute Gasteiger partial charge is 0.337 e. The number of furan rings is 1. The lowest BCUT2D eigenvalue weighted by Gasteiger charge is -2.15. The molecule has 0 radical (unpaired) electrons. The maximum atomic E-state index is 12.7. The zero-order valence-electron chi connectivity index (χ0n) is 20.1. The highest BCUT2D eigenvalue weighted by Gasteiger charge is 2.18. The van der Waals surface area contributed by atoms with Gasteiger partial charge in [-0.1, -0.05) is 25.4 Å². The molecule has 0 fully saturated rings. The Kier molecular flexibility index (Phi) is 8.19. The van der Waals surface area contributed by atoms with Crippen LogP contribution in [0.3, 0.4) is 0 Å². The van der Waals surface area contributed by atoms with Crippen molar-refractivity contribution in [2.45, 2.75) is 33.3 Å². The molecule has 1 heterocycles. The molecule has 2 aromatic carbocycles. The normalized spacial score (nSPS) is 10.7. The van der Waals surface area contributed by atoms with Crippen molar-refractivity contribution in [1.29, 1.82) is 0 Å². The van der Waals surface area contributed by atoms with E-state index in [1.54, 1.807) is 6.07 Å². The third-order valence-electron chi connectivity index (χ3n) is 5.20. The van der Waals surface area contributed by atoms with Crippen molar-refractivity contribution in [3.05, 3.63) is 81.3 Å². The Balaban J connectivity index is 1.75. The number of hydrogen-bond donors (Lipinski definition) is 1. The largest absolute Gasteiger partial charge is 0.485 e. The lowest BCUT2D eigenvalue weighted by atomic mass is 10.0. The molecule has 3 rings (SSSR count). The van der Waals surface area contributed by atoms with Crippen LogP contribution in [0.5, 0.6) is 5.75 Å². The van der Waals surface area contributed by atoms with Gasteiger partial charge < -0.3 is 23.9 Å². The summed E-state index contributed by atoms with van der Waals surface area (Å²) in [5.41, 5.74) is 2.23. The zero-order chi connectivity index (χ0) is 25.7. The number of nitrogens with one attached hydrogen (secondary N) is 1. The number of hydrogen-bond acceptors (Lipinski definition) is 7. The highest BCUT2D eigenvalue weighted by Crippen LogP contribution is 2.32. The molecule has 1 N–H and O–H groups in total. The summed E-state index contributed by atoms with van der Waals surface area (Å²) >= 11 is 6.25. The van der Waals surface area contributed by atoms with E-state index in [-0.39, 0.29) is 35.1 Å². The molecule has 0 aliphatic rings. The third-order valence-corrected chi connectivity index (χ3v) is 5.61. The fraction of sp³-hybridized carbons (Fsp3) is 0.269. The van der Waals surface area contributed by atoms with Gasteiger partial charge in [-0.05, 0) is 66.4 Å². The van der Waals surface area contributed by atoms with Gasteiger partial charge in [0.2, 0.25) is 0 Å². The summed E-state index contributed by atoms with van der Waals surface area (Å²) < 4.78 is 21.0. The number of rotatable bonds is 8. The fourth-order valence-electron chi connectivity index (χ4n) is 3.34. The van der Waals surface area contributed by atoms with E-state index in [0.717, 1.165) is 11.1 Å². The van der Waals surface area contributed by atoms with Gasteiger partial charge in [0.1, 0.15) is 18.1 Å². The van der Waals surface area contributed by atoms with Crippen molar-refractivity contribution >= 4 is 35.1 Å². The molecule has 1 amide bonds. The first kappa shape index (κ1) is 25.8. The van der Waals surface area contributed by atoms with E-state index in [0.29, 0.717) is 16.5 Å². The second-order valence-electron chi connectivity index (χ2n) is 8.08. The number of anilines is 1. The van der Waals surface area contributed by atoms with Crippen LogP contribution in [0.25, 0.3) is 0 Å². The van der Waals surface area contributed by atoms with Crippen LogP contribution in [0.1, 0.15) is 67.9 Å². The first-order valence-corrected chi connectivity index (χ1v) is 11.1. The summed E-state index contributed by atoms with van der Waals surface area (Å²) in [6.45, 7) is 6.10. The molecule has 0 aliphatic carbocycles. The second kappa shape index (κ2) is 11.1. The quantitative estimate of drug-likeness (QED) is 0.392. The van der Waals surface area contributed by atoms with Crippen molar-refractivity contribution in [1.82, 2.24) is 0 Å². The maximum Gasteiger partial charge on any atom is 0.337 e. The Morgan fingerprint density at radius 1 is 0.971 bits per heavy atom. The molecule has 1 aromatic heterocycles. The lowest BCUT2D eigenvalue weighted by Crippen LogP contribution is -2.13. The monoisotopic (exact) mass is 499 g/mol. The number of carbonyl (C=O) groups excluding carboxylic acids is 3. The predicted octanol–water partition coefficient (Wildman–Crippen LogP) is 5.77. The van der Waals surface area contributed by atoms with Gasteiger partial charge in [0.25, 0.3) is 5.91 Å². The zero-order valence-corrected chi connectivity index (χ0v) is 20.8. The van der Waals surface area contributed by atoms with Crippen LogP contribution in [-0.2, 0) is 16.1 Å². The summed E-state index contributed by atoms with van der Waals surface area (Å²) in [5.74, 6) is -0.530. The van der Waals surface area contributed by atoms with Gasteiger partial charge >= 0.3 is 11.9 Å². The van der Waals surface area contributed by atoms with Crippen LogP contribution in [-0.4, -0.2) is 32.1 Å². The van der Waals surface area contributed by atoms with Gasteiger partial charge in [0, 0.05) is 10.7 Å². The molecular formula is C26H26ClNO7. The average Bonchev–Trinajstić information content (AvgIpc) is 3.32. The minimum atomic E-state index is -0.665. The molecule has 8 nitrogen and oxygen atoms in total. The molecule has 0 atom stereocenters. The van der Waals surface area contributed by atoms with Crippen molar-refractivity contribution in [3.8, 4) is 5.75 Å².